The molecule has 4 heteroatoms. The number of carbonyl (C=O) groups is 1. The van der Waals surface area contributed by atoms with Crippen molar-refractivity contribution in [2.45, 2.75) is 31.1 Å². The largest absolute Gasteiger partial charge is 0.450 e. The Bertz CT molecular complexity index is 420. The molecule has 0 aliphatic carbocycles. The highest BCUT2D eigenvalue weighted by Crippen LogP contribution is 2.30. The number of carbonyl (C=O) groups excluding carboxylic acids is 1. The van der Waals surface area contributed by atoms with E-state index in [-0.39, 0.29) is 6.09 Å². The Morgan fingerprint density at radius 3 is 3.22 bits per heavy atom. The maximum absolute atomic E-state index is 11.1. The number of hydrogen-bond acceptors (Lipinski definition) is 3. The fraction of sp³-hybridized carbons (Fsp3) is 0.500. The number of rotatable bonds is 4. The molecular formula is C14H19NO2S. The van der Waals surface area contributed by atoms with E-state index in [9.17, 15) is 4.79 Å². The van der Waals surface area contributed by atoms with Crippen LogP contribution in [0.1, 0.15) is 24.5 Å². The number of amides is 1. The minimum Gasteiger partial charge on any atom is -0.450 e. The maximum Gasteiger partial charge on any atom is 0.407 e. The number of thioether (sulfide) groups is 1. The van der Waals surface area contributed by atoms with Gasteiger partial charge in [0.05, 0.1) is 6.61 Å². The van der Waals surface area contributed by atoms with Crippen LogP contribution in [-0.4, -0.2) is 25.0 Å². The number of aryl methyl sites for hydroxylation is 1. The quantitative estimate of drug-likeness (QED) is 0.909. The van der Waals surface area contributed by atoms with Crippen molar-refractivity contribution in [3.63, 3.8) is 0 Å². The van der Waals surface area contributed by atoms with Gasteiger partial charge in [-0.1, -0.05) is 12.1 Å². The van der Waals surface area contributed by atoms with E-state index in [1.807, 2.05) is 11.8 Å². The van der Waals surface area contributed by atoms with Crippen LogP contribution in [0.5, 0.6) is 0 Å². The first-order valence-corrected chi connectivity index (χ1v) is 7.43. The zero-order chi connectivity index (χ0) is 12.8. The van der Waals surface area contributed by atoms with E-state index in [0.29, 0.717) is 13.2 Å². The van der Waals surface area contributed by atoms with Crippen LogP contribution in [0.2, 0.25) is 0 Å². The highest BCUT2D eigenvalue weighted by Gasteiger charge is 2.10. The van der Waals surface area contributed by atoms with E-state index in [2.05, 4.69) is 23.5 Å². The summed E-state index contributed by atoms with van der Waals surface area (Å²) >= 11 is 1.94. The van der Waals surface area contributed by atoms with Gasteiger partial charge in [0, 0.05) is 11.4 Å². The first-order chi connectivity index (χ1) is 8.79. The van der Waals surface area contributed by atoms with Crippen molar-refractivity contribution in [3.8, 4) is 0 Å². The molecule has 0 bridgehead atoms. The summed E-state index contributed by atoms with van der Waals surface area (Å²) in [6, 6.07) is 6.64. The number of nitrogens with one attached hydrogen (secondary N) is 1. The predicted molar refractivity (Wildman–Crippen MR) is 74.2 cm³/mol. The molecule has 1 heterocycles. The van der Waals surface area contributed by atoms with Gasteiger partial charge >= 0.3 is 6.09 Å². The highest BCUT2D eigenvalue weighted by atomic mass is 32.2. The molecule has 18 heavy (non-hydrogen) atoms. The molecule has 98 valence electrons. The van der Waals surface area contributed by atoms with Crippen molar-refractivity contribution in [2.75, 3.05) is 18.9 Å². The third-order valence-corrected chi connectivity index (χ3v) is 4.13. The predicted octanol–water partition coefficient (Wildman–Crippen LogP) is 3.01. The average Bonchev–Trinajstić information content (AvgIpc) is 2.39. The smallest absolute Gasteiger partial charge is 0.407 e. The van der Waals surface area contributed by atoms with E-state index >= 15 is 0 Å². The van der Waals surface area contributed by atoms with E-state index in [4.69, 9.17) is 4.74 Å². The van der Waals surface area contributed by atoms with Crippen LogP contribution >= 0.6 is 11.8 Å². The molecule has 0 saturated carbocycles. The molecule has 0 fully saturated rings. The van der Waals surface area contributed by atoms with Crippen molar-refractivity contribution >= 4 is 17.9 Å². The maximum atomic E-state index is 11.1. The summed E-state index contributed by atoms with van der Waals surface area (Å²) in [5.74, 6) is 1.23. The van der Waals surface area contributed by atoms with Gasteiger partial charge in [-0.05, 0) is 49.1 Å². The van der Waals surface area contributed by atoms with E-state index in [1.54, 1.807) is 6.92 Å². The number of alkyl carbamates (subject to hydrolysis) is 1. The molecule has 3 nitrogen and oxygen atoms in total. The zero-order valence-electron chi connectivity index (χ0n) is 10.7. The van der Waals surface area contributed by atoms with Crippen LogP contribution in [0.4, 0.5) is 4.79 Å². The molecule has 0 saturated heterocycles. The van der Waals surface area contributed by atoms with Crippen LogP contribution in [0, 0.1) is 0 Å². The lowest BCUT2D eigenvalue weighted by molar-refractivity contribution is 0.152. The molecule has 0 radical (unpaired) electrons. The lowest BCUT2D eigenvalue weighted by Crippen LogP contribution is -2.26. The molecule has 1 N–H and O–H groups in total. The van der Waals surface area contributed by atoms with Gasteiger partial charge in [0.2, 0.25) is 0 Å². The van der Waals surface area contributed by atoms with Gasteiger partial charge in [0.25, 0.3) is 0 Å². The summed E-state index contributed by atoms with van der Waals surface area (Å²) in [5, 5.41) is 2.75. The van der Waals surface area contributed by atoms with Gasteiger partial charge in [0.1, 0.15) is 0 Å². The Morgan fingerprint density at radius 2 is 2.39 bits per heavy atom. The second kappa shape index (κ2) is 6.69. The third kappa shape index (κ3) is 3.67. The third-order valence-electron chi connectivity index (χ3n) is 2.93. The molecule has 0 atom stereocenters. The van der Waals surface area contributed by atoms with Crippen LogP contribution in [0.15, 0.2) is 23.1 Å². The summed E-state index contributed by atoms with van der Waals surface area (Å²) in [7, 11) is 0. The van der Waals surface area contributed by atoms with Crippen molar-refractivity contribution < 1.29 is 9.53 Å². The first kappa shape index (κ1) is 13.3. The van der Waals surface area contributed by atoms with Gasteiger partial charge in [-0.15, -0.1) is 11.8 Å². The fourth-order valence-corrected chi connectivity index (χ4v) is 3.08. The normalized spacial score (nSPS) is 13.8. The van der Waals surface area contributed by atoms with E-state index in [1.165, 1.54) is 34.6 Å². The Kier molecular flexibility index (Phi) is 4.93. The summed E-state index contributed by atoms with van der Waals surface area (Å²) in [5.41, 5.74) is 2.74. The van der Waals surface area contributed by atoms with Crippen LogP contribution in [0.25, 0.3) is 0 Å². The summed E-state index contributed by atoms with van der Waals surface area (Å²) in [6.45, 7) is 2.85. The molecule has 1 amide bonds. The van der Waals surface area contributed by atoms with Crippen LogP contribution < -0.4 is 5.32 Å². The van der Waals surface area contributed by atoms with E-state index in [0.717, 1.165) is 6.42 Å². The van der Waals surface area contributed by atoms with Crippen molar-refractivity contribution in [1.82, 2.24) is 5.32 Å². The average molecular weight is 265 g/mol. The van der Waals surface area contributed by atoms with Gasteiger partial charge < -0.3 is 10.1 Å². The second-order valence-corrected chi connectivity index (χ2v) is 5.43. The standard InChI is InChI=1S/C14H19NO2S/c1-2-17-14(16)15-8-7-11-5-6-13-12(10-11)4-3-9-18-13/h5-6,10H,2-4,7-9H2,1H3,(H,15,16). The molecular weight excluding hydrogens is 246 g/mol. The molecule has 1 aromatic carbocycles. The minimum absolute atomic E-state index is 0.328. The number of hydrogen-bond donors (Lipinski definition) is 1. The first-order valence-electron chi connectivity index (χ1n) is 6.45. The summed E-state index contributed by atoms with van der Waals surface area (Å²) < 4.78 is 4.82. The van der Waals surface area contributed by atoms with Crippen LogP contribution in [0.3, 0.4) is 0 Å². The van der Waals surface area contributed by atoms with Gasteiger partial charge in [-0.2, -0.15) is 0 Å². The number of benzene rings is 1. The molecule has 0 aromatic heterocycles. The Balaban J connectivity index is 1.84. The van der Waals surface area contributed by atoms with Crippen molar-refractivity contribution in [2.24, 2.45) is 0 Å². The zero-order valence-corrected chi connectivity index (χ0v) is 11.5. The van der Waals surface area contributed by atoms with Crippen molar-refractivity contribution in [1.29, 1.82) is 0 Å². The molecule has 1 aliphatic heterocycles. The summed E-state index contributed by atoms with van der Waals surface area (Å²) in [6.07, 6.45) is 2.98. The lowest BCUT2D eigenvalue weighted by Gasteiger charge is -2.16. The minimum atomic E-state index is -0.328. The van der Waals surface area contributed by atoms with Crippen molar-refractivity contribution in [3.05, 3.63) is 29.3 Å². The highest BCUT2D eigenvalue weighted by molar-refractivity contribution is 7.99. The number of fused-ring (bicyclic) bond motifs is 1. The Hall–Kier alpha value is -1.16. The monoisotopic (exact) mass is 265 g/mol. The Morgan fingerprint density at radius 1 is 1.50 bits per heavy atom. The van der Waals surface area contributed by atoms with E-state index < -0.39 is 0 Å². The SMILES string of the molecule is CCOC(=O)NCCc1ccc2c(c1)CCCS2. The van der Waals surface area contributed by atoms with Crippen LogP contribution in [-0.2, 0) is 17.6 Å². The van der Waals surface area contributed by atoms with Gasteiger partial charge in [-0.3, -0.25) is 0 Å². The topological polar surface area (TPSA) is 38.3 Å². The Labute approximate surface area is 112 Å². The second-order valence-electron chi connectivity index (χ2n) is 4.29. The van der Waals surface area contributed by atoms with Gasteiger partial charge in [-0.25, -0.2) is 4.79 Å². The number of ether oxygens (including phenoxy) is 1. The molecule has 2 rings (SSSR count). The fourth-order valence-electron chi connectivity index (χ4n) is 2.06. The molecule has 0 spiro atoms. The van der Waals surface area contributed by atoms with Gasteiger partial charge in [0.15, 0.2) is 0 Å². The molecule has 1 aliphatic rings. The lowest BCUT2D eigenvalue weighted by atomic mass is 10.0. The molecule has 1 aromatic rings. The molecule has 0 unspecified atom stereocenters. The summed E-state index contributed by atoms with van der Waals surface area (Å²) in [4.78, 5) is 12.5.